The van der Waals surface area contributed by atoms with Crippen molar-refractivity contribution in [2.45, 2.75) is 58.3 Å². The van der Waals surface area contributed by atoms with Crippen molar-refractivity contribution in [2.75, 3.05) is 36.0 Å². The van der Waals surface area contributed by atoms with Crippen LogP contribution in [-0.2, 0) is 4.79 Å². The maximum absolute atomic E-state index is 13.4. The fourth-order valence-corrected chi connectivity index (χ4v) is 5.73. The van der Waals surface area contributed by atoms with E-state index in [1.54, 1.807) is 0 Å². The third kappa shape index (κ3) is 5.46. The number of hydrogen-bond donors (Lipinski definition) is 0. The van der Waals surface area contributed by atoms with E-state index in [1.807, 2.05) is 0 Å². The molecule has 1 atom stereocenters. The van der Waals surface area contributed by atoms with Crippen molar-refractivity contribution in [1.82, 2.24) is 0 Å². The Labute approximate surface area is 205 Å². The summed E-state index contributed by atoms with van der Waals surface area (Å²) < 4.78 is 0. The largest absolute Gasteiger partial charge is 0.372 e. The lowest BCUT2D eigenvalue weighted by Gasteiger charge is -2.29. The first-order valence-corrected chi connectivity index (χ1v) is 13.3. The molecule has 178 valence electrons. The monoisotopic (exact) mass is 454 g/mol. The van der Waals surface area contributed by atoms with Crippen molar-refractivity contribution in [3.05, 3.63) is 70.8 Å². The third-order valence-corrected chi connectivity index (χ3v) is 7.63. The number of benzene rings is 2. The van der Waals surface area contributed by atoms with Crippen LogP contribution in [0.15, 0.2) is 59.7 Å². The van der Waals surface area contributed by atoms with Crippen LogP contribution >= 0.6 is 0 Å². The third-order valence-electron chi connectivity index (χ3n) is 7.63. The molecule has 0 spiro atoms. The Hall–Kier alpha value is -2.81. The van der Waals surface area contributed by atoms with Gasteiger partial charge in [0.25, 0.3) is 0 Å². The maximum atomic E-state index is 13.4. The minimum Gasteiger partial charge on any atom is -0.372 e. The number of carbonyl (C=O) groups excluding carboxylic acids is 1. The van der Waals surface area contributed by atoms with Crippen molar-refractivity contribution in [3.63, 3.8) is 0 Å². The highest BCUT2D eigenvalue weighted by atomic mass is 16.1. The van der Waals surface area contributed by atoms with Gasteiger partial charge in [-0.3, -0.25) is 4.79 Å². The highest BCUT2D eigenvalue weighted by Crippen LogP contribution is 2.33. The van der Waals surface area contributed by atoms with E-state index >= 15 is 0 Å². The first kappa shape index (κ1) is 23.0. The zero-order valence-electron chi connectivity index (χ0n) is 20.6. The van der Waals surface area contributed by atoms with Crippen LogP contribution in [0.5, 0.6) is 0 Å². The topological polar surface area (TPSA) is 23.6 Å². The van der Waals surface area contributed by atoms with E-state index in [4.69, 9.17) is 0 Å². The molecule has 1 aliphatic carbocycles. The quantitative estimate of drug-likeness (QED) is 0.459. The molecule has 2 saturated heterocycles. The molecule has 1 unspecified atom stereocenters. The molecule has 3 heteroatoms. The lowest BCUT2D eigenvalue weighted by Crippen LogP contribution is -2.29. The zero-order valence-corrected chi connectivity index (χ0v) is 20.6. The molecular formula is C31H38N2O. The Morgan fingerprint density at radius 3 is 1.38 bits per heavy atom. The Balaban J connectivity index is 1.30. The summed E-state index contributed by atoms with van der Waals surface area (Å²) in [5.74, 6) is 0.703. The van der Waals surface area contributed by atoms with Gasteiger partial charge in [-0.1, -0.05) is 31.2 Å². The van der Waals surface area contributed by atoms with Crippen LogP contribution in [0.4, 0.5) is 11.4 Å². The van der Waals surface area contributed by atoms with E-state index in [0.29, 0.717) is 5.92 Å². The SMILES string of the molecule is CC1C/C(=C/c2ccc(N3CCCCC3)cc2)C(=O)/C(=C/c2ccc(N3CCCCC3)cc2)C1. The van der Waals surface area contributed by atoms with Crippen molar-refractivity contribution in [1.29, 1.82) is 0 Å². The molecule has 3 fully saturated rings. The molecule has 0 aromatic heterocycles. The average Bonchev–Trinajstić information content (AvgIpc) is 2.89. The van der Waals surface area contributed by atoms with Gasteiger partial charge in [0.05, 0.1) is 0 Å². The second-order valence-electron chi connectivity index (χ2n) is 10.5. The van der Waals surface area contributed by atoms with Gasteiger partial charge in [-0.25, -0.2) is 0 Å². The first-order valence-electron chi connectivity index (χ1n) is 13.3. The molecule has 3 nitrogen and oxygen atoms in total. The van der Waals surface area contributed by atoms with Gasteiger partial charge in [0.15, 0.2) is 5.78 Å². The van der Waals surface area contributed by atoms with Gasteiger partial charge in [0.2, 0.25) is 0 Å². The van der Waals surface area contributed by atoms with Crippen LogP contribution in [0.2, 0.25) is 0 Å². The van der Waals surface area contributed by atoms with E-state index in [-0.39, 0.29) is 5.78 Å². The van der Waals surface area contributed by atoms with E-state index in [2.05, 4.69) is 77.4 Å². The molecular weight excluding hydrogens is 416 g/mol. The molecule has 0 radical (unpaired) electrons. The fourth-order valence-electron chi connectivity index (χ4n) is 5.73. The Morgan fingerprint density at radius 1 is 0.618 bits per heavy atom. The molecule has 2 aliphatic heterocycles. The summed E-state index contributed by atoms with van der Waals surface area (Å²) in [6, 6.07) is 17.6. The number of rotatable bonds is 4. The van der Waals surface area contributed by atoms with Gasteiger partial charge < -0.3 is 9.80 Å². The van der Waals surface area contributed by atoms with Gasteiger partial charge in [0.1, 0.15) is 0 Å². The smallest absolute Gasteiger partial charge is 0.185 e. The second-order valence-corrected chi connectivity index (χ2v) is 10.5. The Bertz CT molecular complexity index is 952. The van der Waals surface area contributed by atoms with Crippen LogP contribution in [0.3, 0.4) is 0 Å². The number of nitrogens with zero attached hydrogens (tertiary/aromatic N) is 2. The van der Waals surface area contributed by atoms with Crippen LogP contribution in [0.25, 0.3) is 12.2 Å². The number of carbonyl (C=O) groups is 1. The number of Topliss-reactive ketones (excluding diaryl/α,β-unsaturated/α-hetero) is 1. The number of hydrogen-bond acceptors (Lipinski definition) is 3. The lowest BCUT2D eigenvalue weighted by molar-refractivity contribution is -0.113. The van der Waals surface area contributed by atoms with Crippen molar-refractivity contribution < 1.29 is 4.79 Å². The summed E-state index contributed by atoms with van der Waals surface area (Å²) in [6.45, 7) is 6.88. The molecule has 1 saturated carbocycles. The fraction of sp³-hybridized carbons (Fsp3) is 0.452. The van der Waals surface area contributed by atoms with Crippen LogP contribution in [0, 0.1) is 5.92 Å². The number of anilines is 2. The first-order chi connectivity index (χ1) is 16.7. The minimum atomic E-state index is 0.221. The maximum Gasteiger partial charge on any atom is 0.185 e. The van der Waals surface area contributed by atoms with E-state index < -0.39 is 0 Å². The van der Waals surface area contributed by atoms with E-state index in [9.17, 15) is 4.79 Å². The number of ketones is 1. The molecule has 2 heterocycles. The summed E-state index contributed by atoms with van der Waals surface area (Å²) >= 11 is 0. The Kier molecular flexibility index (Phi) is 7.18. The summed E-state index contributed by atoms with van der Waals surface area (Å²) in [5.41, 5.74) is 6.76. The number of piperidine rings is 2. The van der Waals surface area contributed by atoms with Crippen LogP contribution in [0.1, 0.15) is 69.4 Å². The Morgan fingerprint density at radius 2 is 1.00 bits per heavy atom. The average molecular weight is 455 g/mol. The highest BCUT2D eigenvalue weighted by Gasteiger charge is 2.25. The molecule has 34 heavy (non-hydrogen) atoms. The minimum absolute atomic E-state index is 0.221. The van der Waals surface area contributed by atoms with Gasteiger partial charge >= 0.3 is 0 Å². The highest BCUT2D eigenvalue weighted by molar-refractivity contribution is 6.14. The summed E-state index contributed by atoms with van der Waals surface area (Å²) in [5, 5.41) is 0. The molecule has 5 rings (SSSR count). The summed E-state index contributed by atoms with van der Waals surface area (Å²) in [7, 11) is 0. The molecule has 2 aromatic carbocycles. The lowest BCUT2D eigenvalue weighted by atomic mass is 9.81. The summed E-state index contributed by atoms with van der Waals surface area (Å²) in [4.78, 5) is 18.3. The second kappa shape index (κ2) is 10.6. The number of allylic oxidation sites excluding steroid dienone is 2. The van der Waals surface area contributed by atoms with Crippen molar-refractivity contribution >= 4 is 29.3 Å². The molecule has 0 bridgehead atoms. The predicted molar refractivity (Wildman–Crippen MR) is 144 cm³/mol. The molecule has 0 amide bonds. The normalized spacial score (nSPS) is 24.1. The summed E-state index contributed by atoms with van der Waals surface area (Å²) in [6.07, 6.45) is 13.8. The zero-order chi connectivity index (χ0) is 23.3. The van der Waals surface area contributed by atoms with Gasteiger partial charge in [-0.15, -0.1) is 0 Å². The molecule has 0 N–H and O–H groups in total. The van der Waals surface area contributed by atoms with Crippen LogP contribution < -0.4 is 9.80 Å². The van der Waals surface area contributed by atoms with Crippen molar-refractivity contribution in [2.24, 2.45) is 5.92 Å². The molecule has 3 aliphatic rings. The standard InChI is InChI=1S/C31H38N2O/c1-24-20-27(22-25-8-12-29(13-9-25)32-16-4-2-5-17-32)31(34)28(21-24)23-26-10-14-30(15-11-26)33-18-6-3-7-19-33/h8-15,22-24H,2-7,16-21H2,1H3/b27-22-,28-23+. The molecule has 2 aromatic rings. The van der Waals surface area contributed by atoms with Crippen LogP contribution in [-0.4, -0.2) is 32.0 Å². The van der Waals surface area contributed by atoms with Gasteiger partial charge in [0, 0.05) is 48.7 Å². The van der Waals surface area contributed by atoms with Crippen molar-refractivity contribution in [3.8, 4) is 0 Å². The van der Waals surface area contributed by atoms with E-state index in [1.165, 1.54) is 49.9 Å². The predicted octanol–water partition coefficient (Wildman–Crippen LogP) is 7.13. The van der Waals surface area contributed by atoms with Gasteiger partial charge in [-0.05, 0) is 105 Å². The van der Waals surface area contributed by atoms with E-state index in [0.717, 1.165) is 61.3 Å². The van der Waals surface area contributed by atoms with Gasteiger partial charge in [-0.2, -0.15) is 0 Å².